The Kier molecular flexibility index (Phi) is 4.81. The smallest absolute Gasteiger partial charge is 0.249 e. The molecule has 25 heavy (non-hydrogen) atoms. The summed E-state index contributed by atoms with van der Waals surface area (Å²) in [4.78, 5) is 28.1. The number of anilines is 1. The van der Waals surface area contributed by atoms with Crippen LogP contribution in [0.3, 0.4) is 0 Å². The van der Waals surface area contributed by atoms with Crippen molar-refractivity contribution in [3.8, 4) is 0 Å². The van der Waals surface area contributed by atoms with Gasteiger partial charge in [0, 0.05) is 13.6 Å². The third kappa shape index (κ3) is 3.25. The molecule has 1 aliphatic heterocycles. The Morgan fingerprint density at radius 2 is 1.84 bits per heavy atom. The van der Waals surface area contributed by atoms with E-state index in [-0.39, 0.29) is 17.5 Å². The van der Waals surface area contributed by atoms with Gasteiger partial charge in [-0.25, -0.2) is 4.39 Å². The van der Waals surface area contributed by atoms with Crippen molar-refractivity contribution in [3.63, 3.8) is 0 Å². The van der Waals surface area contributed by atoms with Crippen LogP contribution in [0.4, 0.5) is 10.1 Å². The summed E-state index contributed by atoms with van der Waals surface area (Å²) in [5.41, 5.74) is 6.98. The van der Waals surface area contributed by atoms with Crippen LogP contribution in [-0.4, -0.2) is 36.3 Å². The molecular weight excluding hydrogens is 321 g/mol. The number of hydrogen-bond donors (Lipinski definition) is 1. The molecule has 0 aliphatic carbocycles. The monoisotopic (exact) mass is 341 g/mol. The number of carbonyl (C=O) groups excluding carboxylic acids is 2. The summed E-state index contributed by atoms with van der Waals surface area (Å²) < 4.78 is 14.0. The third-order valence-corrected chi connectivity index (χ3v) is 4.56. The maximum atomic E-state index is 14.0. The largest absolute Gasteiger partial charge is 0.332 e. The molecule has 2 atom stereocenters. The molecule has 1 saturated heterocycles. The van der Waals surface area contributed by atoms with E-state index >= 15 is 0 Å². The molecule has 0 aromatic heterocycles. The lowest BCUT2D eigenvalue weighted by Crippen LogP contribution is -2.46. The number of likely N-dealkylation sites (N-methyl/N-ethyl adjacent to an activating group) is 1. The molecule has 0 saturated carbocycles. The van der Waals surface area contributed by atoms with Crippen LogP contribution in [-0.2, 0) is 9.59 Å². The van der Waals surface area contributed by atoms with Crippen molar-refractivity contribution in [1.29, 1.82) is 0 Å². The number of hydrogen-bond acceptors (Lipinski definition) is 3. The summed E-state index contributed by atoms with van der Waals surface area (Å²) in [6.45, 7) is 0.364. The topological polar surface area (TPSA) is 66.6 Å². The van der Waals surface area contributed by atoms with E-state index in [4.69, 9.17) is 5.73 Å². The molecule has 0 spiro atoms. The van der Waals surface area contributed by atoms with Crippen LogP contribution in [0.15, 0.2) is 54.6 Å². The Bertz CT molecular complexity index is 781. The summed E-state index contributed by atoms with van der Waals surface area (Å²) in [6, 6.07) is 13.7. The average Bonchev–Trinajstić information content (AvgIpc) is 3.02. The number of carbonyl (C=O) groups is 2. The molecular formula is C19H20FN3O2. The average molecular weight is 341 g/mol. The fourth-order valence-electron chi connectivity index (χ4n) is 3.11. The first kappa shape index (κ1) is 17.1. The van der Waals surface area contributed by atoms with Crippen LogP contribution in [0.1, 0.15) is 18.0 Å². The second-order valence-electron chi connectivity index (χ2n) is 6.08. The highest BCUT2D eigenvalue weighted by atomic mass is 19.1. The van der Waals surface area contributed by atoms with Crippen molar-refractivity contribution in [3.05, 3.63) is 66.0 Å². The van der Waals surface area contributed by atoms with Gasteiger partial charge in [0.1, 0.15) is 17.9 Å². The predicted octanol–water partition coefficient (Wildman–Crippen LogP) is 2.09. The van der Waals surface area contributed by atoms with E-state index in [1.807, 2.05) is 18.2 Å². The second kappa shape index (κ2) is 7.03. The predicted molar refractivity (Wildman–Crippen MR) is 93.3 cm³/mol. The van der Waals surface area contributed by atoms with E-state index in [1.165, 1.54) is 15.9 Å². The van der Waals surface area contributed by atoms with Gasteiger partial charge in [-0.2, -0.15) is 0 Å². The summed E-state index contributed by atoms with van der Waals surface area (Å²) in [5, 5.41) is 0. The Labute approximate surface area is 145 Å². The van der Waals surface area contributed by atoms with E-state index in [0.717, 1.165) is 0 Å². The van der Waals surface area contributed by atoms with E-state index in [0.29, 0.717) is 18.5 Å². The molecule has 3 rings (SSSR count). The minimum absolute atomic E-state index is 0.239. The highest BCUT2D eigenvalue weighted by Gasteiger charge is 2.39. The second-order valence-corrected chi connectivity index (χ2v) is 6.08. The standard InChI is InChI=1S/C19H20FN3O2/c1-22(19(25)17(21)13-7-3-2-4-8-13)16-11-12-23(18(16)24)15-10-6-5-9-14(15)20/h2-10,16-17H,11-12,21H2,1H3/t16-,17-/m1/s1. The molecule has 6 heteroatoms. The van der Waals surface area contributed by atoms with Crippen LogP contribution < -0.4 is 10.6 Å². The van der Waals surface area contributed by atoms with Gasteiger partial charge in [-0.15, -0.1) is 0 Å². The van der Waals surface area contributed by atoms with Gasteiger partial charge >= 0.3 is 0 Å². The van der Waals surface area contributed by atoms with Gasteiger partial charge in [-0.1, -0.05) is 42.5 Å². The van der Waals surface area contributed by atoms with Crippen molar-refractivity contribution in [2.45, 2.75) is 18.5 Å². The normalized spacial score (nSPS) is 18.3. The highest BCUT2D eigenvalue weighted by molar-refractivity contribution is 6.01. The molecule has 2 N–H and O–H groups in total. The van der Waals surface area contributed by atoms with Crippen molar-refractivity contribution < 1.29 is 14.0 Å². The van der Waals surface area contributed by atoms with Crippen molar-refractivity contribution in [2.75, 3.05) is 18.5 Å². The van der Waals surface area contributed by atoms with Crippen molar-refractivity contribution in [2.24, 2.45) is 5.73 Å². The number of benzene rings is 2. The number of amides is 2. The van der Waals surface area contributed by atoms with Crippen LogP contribution in [0, 0.1) is 5.82 Å². The zero-order valence-electron chi connectivity index (χ0n) is 13.9. The third-order valence-electron chi connectivity index (χ3n) is 4.56. The Morgan fingerprint density at radius 3 is 2.52 bits per heavy atom. The molecule has 1 heterocycles. The zero-order valence-corrected chi connectivity index (χ0v) is 13.9. The lowest BCUT2D eigenvalue weighted by molar-refractivity contribution is -0.137. The van der Waals surface area contributed by atoms with Gasteiger partial charge in [0.15, 0.2) is 0 Å². The van der Waals surface area contributed by atoms with Crippen LogP contribution in [0.2, 0.25) is 0 Å². The van der Waals surface area contributed by atoms with Gasteiger partial charge in [0.2, 0.25) is 11.8 Å². The molecule has 2 aromatic rings. The maximum absolute atomic E-state index is 14.0. The van der Waals surface area contributed by atoms with Crippen molar-refractivity contribution >= 4 is 17.5 Å². The number of rotatable bonds is 4. The minimum Gasteiger partial charge on any atom is -0.332 e. The first-order chi connectivity index (χ1) is 12.0. The molecule has 2 aromatic carbocycles. The Hall–Kier alpha value is -2.73. The molecule has 1 aliphatic rings. The molecule has 0 radical (unpaired) electrons. The zero-order chi connectivity index (χ0) is 18.0. The SMILES string of the molecule is CN(C(=O)[C@H](N)c1ccccc1)[C@@H]1CCN(c2ccccc2F)C1=O. The van der Waals surface area contributed by atoms with Gasteiger partial charge in [0.05, 0.1) is 5.69 Å². The minimum atomic E-state index is -0.832. The van der Waals surface area contributed by atoms with Crippen molar-refractivity contribution in [1.82, 2.24) is 4.90 Å². The van der Waals surface area contributed by atoms with Gasteiger partial charge in [-0.05, 0) is 24.1 Å². The summed E-state index contributed by atoms with van der Waals surface area (Å²) in [6.07, 6.45) is 0.441. The Morgan fingerprint density at radius 1 is 1.20 bits per heavy atom. The number of para-hydroxylation sites is 1. The number of nitrogens with zero attached hydrogens (tertiary/aromatic N) is 2. The van der Waals surface area contributed by atoms with Crippen LogP contribution >= 0.6 is 0 Å². The van der Waals surface area contributed by atoms with Crippen LogP contribution in [0.25, 0.3) is 0 Å². The summed E-state index contributed by atoms with van der Waals surface area (Å²) >= 11 is 0. The first-order valence-corrected chi connectivity index (χ1v) is 8.14. The van der Waals surface area contributed by atoms with E-state index < -0.39 is 17.9 Å². The maximum Gasteiger partial charge on any atom is 0.249 e. The molecule has 2 amide bonds. The molecule has 130 valence electrons. The fraction of sp³-hybridized carbons (Fsp3) is 0.263. The molecule has 1 fully saturated rings. The lowest BCUT2D eigenvalue weighted by Gasteiger charge is -2.26. The molecule has 0 unspecified atom stereocenters. The highest BCUT2D eigenvalue weighted by Crippen LogP contribution is 2.27. The van der Waals surface area contributed by atoms with E-state index in [2.05, 4.69) is 0 Å². The van der Waals surface area contributed by atoms with Gasteiger partial charge in [-0.3, -0.25) is 9.59 Å². The van der Waals surface area contributed by atoms with E-state index in [1.54, 1.807) is 37.4 Å². The van der Waals surface area contributed by atoms with Gasteiger partial charge in [0.25, 0.3) is 0 Å². The number of halogens is 1. The van der Waals surface area contributed by atoms with Gasteiger partial charge < -0.3 is 15.5 Å². The van der Waals surface area contributed by atoms with E-state index in [9.17, 15) is 14.0 Å². The Balaban J connectivity index is 1.75. The lowest BCUT2D eigenvalue weighted by atomic mass is 10.1. The summed E-state index contributed by atoms with van der Waals surface area (Å²) in [7, 11) is 1.57. The quantitative estimate of drug-likeness (QED) is 0.926. The first-order valence-electron chi connectivity index (χ1n) is 8.14. The fourth-order valence-corrected chi connectivity index (χ4v) is 3.11. The molecule has 5 nitrogen and oxygen atoms in total. The number of nitrogens with two attached hydrogens (primary N) is 1. The van der Waals surface area contributed by atoms with Crippen LogP contribution in [0.5, 0.6) is 0 Å². The summed E-state index contributed by atoms with van der Waals surface area (Å²) in [5.74, 6) is -1.08. The molecule has 0 bridgehead atoms.